The molecule has 1 heterocycles. The lowest BCUT2D eigenvalue weighted by Crippen LogP contribution is -2.28. The van der Waals surface area contributed by atoms with Gasteiger partial charge in [0.15, 0.2) is 0 Å². The second kappa shape index (κ2) is 10.4. The van der Waals surface area contributed by atoms with Crippen molar-refractivity contribution in [3.8, 4) is 5.75 Å². The number of hydrogen-bond donors (Lipinski definition) is 0. The van der Waals surface area contributed by atoms with Crippen LogP contribution in [0.4, 0.5) is 0 Å². The van der Waals surface area contributed by atoms with Crippen molar-refractivity contribution in [2.75, 3.05) is 13.7 Å². The quantitative estimate of drug-likeness (QED) is 0.290. The lowest BCUT2D eigenvalue weighted by Gasteiger charge is -2.18. The first-order valence-electron chi connectivity index (χ1n) is 11.5. The third-order valence-electron chi connectivity index (χ3n) is 5.93. The van der Waals surface area contributed by atoms with Crippen molar-refractivity contribution in [3.05, 3.63) is 89.7 Å². The Morgan fingerprint density at radius 1 is 0.941 bits per heavy atom. The van der Waals surface area contributed by atoms with Gasteiger partial charge in [0.1, 0.15) is 11.6 Å². The molecule has 1 aromatic heterocycles. The average molecular weight is 478 g/mol. The van der Waals surface area contributed by atoms with Gasteiger partial charge in [0, 0.05) is 13.6 Å². The molecule has 0 N–H and O–H groups in total. The van der Waals surface area contributed by atoms with Crippen LogP contribution in [0, 0.1) is 13.8 Å². The Bertz CT molecular complexity index is 1360. The zero-order valence-electron chi connectivity index (χ0n) is 19.9. The van der Waals surface area contributed by atoms with E-state index in [0.717, 1.165) is 47.6 Å². The summed E-state index contributed by atoms with van der Waals surface area (Å²) < 4.78 is 35.5. The summed E-state index contributed by atoms with van der Waals surface area (Å²) in [6.07, 6.45) is 1.78. The van der Waals surface area contributed by atoms with E-state index in [9.17, 15) is 8.42 Å². The zero-order chi connectivity index (χ0) is 24.1. The van der Waals surface area contributed by atoms with Crippen LogP contribution >= 0.6 is 0 Å². The lowest BCUT2D eigenvalue weighted by molar-refractivity contribution is 0.301. The van der Waals surface area contributed by atoms with E-state index in [1.165, 1.54) is 9.87 Å². The van der Waals surface area contributed by atoms with E-state index in [4.69, 9.17) is 9.72 Å². The number of imidazole rings is 1. The highest BCUT2D eigenvalue weighted by Gasteiger charge is 2.23. The largest absolute Gasteiger partial charge is 0.493 e. The highest BCUT2D eigenvalue weighted by molar-refractivity contribution is 7.89. The minimum absolute atomic E-state index is 0.199. The highest BCUT2D eigenvalue weighted by Crippen LogP contribution is 2.22. The van der Waals surface area contributed by atoms with Gasteiger partial charge in [-0.05, 0) is 68.1 Å². The van der Waals surface area contributed by atoms with Crippen LogP contribution in [0.3, 0.4) is 0 Å². The van der Waals surface area contributed by atoms with Crippen LogP contribution in [-0.2, 0) is 23.1 Å². The molecule has 0 bridgehead atoms. The molecular weight excluding hydrogens is 446 g/mol. The Labute approximate surface area is 201 Å². The van der Waals surface area contributed by atoms with Crippen LogP contribution in [0.25, 0.3) is 11.0 Å². The van der Waals surface area contributed by atoms with Crippen LogP contribution in [0.2, 0.25) is 0 Å². The summed E-state index contributed by atoms with van der Waals surface area (Å²) in [5, 5.41) is 0. The maximum absolute atomic E-state index is 13.0. The molecule has 0 unspecified atom stereocenters. The molecule has 0 atom stereocenters. The second-order valence-corrected chi connectivity index (χ2v) is 10.6. The summed E-state index contributed by atoms with van der Waals surface area (Å²) in [7, 11) is -2.00. The van der Waals surface area contributed by atoms with E-state index in [0.29, 0.717) is 6.61 Å². The number of sulfonamides is 1. The first-order chi connectivity index (χ1) is 16.4. The maximum atomic E-state index is 13.0. The first kappa shape index (κ1) is 24.0. The van der Waals surface area contributed by atoms with Crippen LogP contribution in [0.5, 0.6) is 5.75 Å². The maximum Gasteiger partial charge on any atom is 0.243 e. The minimum Gasteiger partial charge on any atom is -0.493 e. The molecule has 0 amide bonds. The van der Waals surface area contributed by atoms with Gasteiger partial charge in [-0.3, -0.25) is 0 Å². The molecule has 0 aliphatic heterocycles. The van der Waals surface area contributed by atoms with Gasteiger partial charge in [0.25, 0.3) is 0 Å². The van der Waals surface area contributed by atoms with Crippen molar-refractivity contribution in [3.63, 3.8) is 0 Å². The van der Waals surface area contributed by atoms with Crippen molar-refractivity contribution in [1.82, 2.24) is 13.9 Å². The molecule has 178 valence electrons. The number of hydrogen-bond acceptors (Lipinski definition) is 4. The Morgan fingerprint density at radius 3 is 2.47 bits per heavy atom. The van der Waals surface area contributed by atoms with Crippen molar-refractivity contribution in [2.24, 2.45) is 0 Å². The summed E-state index contributed by atoms with van der Waals surface area (Å²) in [6, 6.07) is 22.7. The van der Waals surface area contributed by atoms with E-state index in [-0.39, 0.29) is 11.4 Å². The van der Waals surface area contributed by atoms with Gasteiger partial charge in [0.2, 0.25) is 10.0 Å². The first-order valence-corrected chi connectivity index (χ1v) is 13.0. The van der Waals surface area contributed by atoms with E-state index >= 15 is 0 Å². The number of aryl methyl sites for hydroxylation is 3. The number of fused-ring (bicyclic) bond motifs is 1. The van der Waals surface area contributed by atoms with Gasteiger partial charge in [-0.25, -0.2) is 13.4 Å². The van der Waals surface area contributed by atoms with Gasteiger partial charge in [-0.1, -0.05) is 42.5 Å². The molecule has 34 heavy (non-hydrogen) atoms. The predicted octanol–water partition coefficient (Wildman–Crippen LogP) is 5.33. The molecule has 0 saturated heterocycles. The molecule has 0 saturated carbocycles. The Hall–Kier alpha value is -3.16. The third-order valence-corrected chi connectivity index (χ3v) is 7.74. The van der Waals surface area contributed by atoms with Gasteiger partial charge in [0.05, 0.1) is 29.1 Å². The SMILES string of the molecule is Cc1ccc(C)c(OCCCCn2c(CN(C)S(=O)(=O)c3ccccc3)nc3ccccc32)c1. The molecule has 6 nitrogen and oxygen atoms in total. The van der Waals surface area contributed by atoms with E-state index in [1.54, 1.807) is 31.3 Å². The van der Waals surface area contributed by atoms with Crippen LogP contribution in [0.15, 0.2) is 77.7 Å². The number of benzene rings is 3. The van der Waals surface area contributed by atoms with Gasteiger partial charge >= 0.3 is 0 Å². The summed E-state index contributed by atoms with van der Waals surface area (Å²) >= 11 is 0. The predicted molar refractivity (Wildman–Crippen MR) is 135 cm³/mol. The molecular formula is C27H31N3O3S. The van der Waals surface area contributed by atoms with Gasteiger partial charge < -0.3 is 9.30 Å². The molecule has 0 fully saturated rings. The van der Waals surface area contributed by atoms with E-state index < -0.39 is 10.0 Å². The molecule has 3 aromatic carbocycles. The third kappa shape index (κ3) is 5.32. The molecule has 4 rings (SSSR count). The van der Waals surface area contributed by atoms with E-state index in [2.05, 4.69) is 36.6 Å². The summed E-state index contributed by atoms with van der Waals surface area (Å²) in [5.41, 5.74) is 4.20. The number of para-hydroxylation sites is 2. The molecule has 0 spiro atoms. The molecule has 0 aliphatic rings. The summed E-state index contributed by atoms with van der Waals surface area (Å²) in [4.78, 5) is 5.03. The van der Waals surface area contributed by atoms with Crippen molar-refractivity contribution in [1.29, 1.82) is 0 Å². The fraction of sp³-hybridized carbons (Fsp3) is 0.296. The van der Waals surface area contributed by atoms with Gasteiger partial charge in [-0.15, -0.1) is 0 Å². The second-order valence-electron chi connectivity index (χ2n) is 8.57. The molecule has 0 aliphatic carbocycles. The van der Waals surface area contributed by atoms with Crippen LogP contribution in [0.1, 0.15) is 29.8 Å². The minimum atomic E-state index is -3.60. The summed E-state index contributed by atoms with van der Waals surface area (Å²) in [5.74, 6) is 1.67. The fourth-order valence-corrected chi connectivity index (χ4v) is 5.12. The monoisotopic (exact) mass is 477 g/mol. The molecule has 4 aromatic rings. The number of ether oxygens (including phenoxy) is 1. The Morgan fingerprint density at radius 2 is 1.68 bits per heavy atom. The van der Waals surface area contributed by atoms with Crippen molar-refractivity contribution < 1.29 is 13.2 Å². The van der Waals surface area contributed by atoms with Gasteiger partial charge in [-0.2, -0.15) is 4.31 Å². The van der Waals surface area contributed by atoms with Crippen molar-refractivity contribution in [2.45, 2.75) is 44.7 Å². The van der Waals surface area contributed by atoms with Crippen LogP contribution in [-0.4, -0.2) is 35.9 Å². The number of nitrogens with zero attached hydrogens (tertiary/aromatic N) is 3. The Kier molecular flexibility index (Phi) is 7.34. The normalized spacial score (nSPS) is 11.9. The standard InChI is InChI=1S/C27H31N3O3S/c1-21-15-16-22(2)26(19-21)33-18-10-9-17-30-25-14-8-7-13-24(25)28-27(30)20-29(3)34(31,32)23-11-5-4-6-12-23/h4-8,11-16,19H,9-10,17-18,20H2,1-3H3. The average Bonchev–Trinajstić information content (AvgIpc) is 3.18. The smallest absolute Gasteiger partial charge is 0.243 e. The number of rotatable bonds is 10. The molecule has 7 heteroatoms. The zero-order valence-corrected chi connectivity index (χ0v) is 20.8. The van der Waals surface area contributed by atoms with Crippen LogP contribution < -0.4 is 4.74 Å². The lowest BCUT2D eigenvalue weighted by atomic mass is 10.1. The Balaban J connectivity index is 1.45. The highest BCUT2D eigenvalue weighted by atomic mass is 32.2. The fourth-order valence-electron chi connectivity index (χ4n) is 3.97. The molecule has 0 radical (unpaired) electrons. The number of unbranched alkanes of at least 4 members (excludes halogenated alkanes) is 1. The number of aromatic nitrogens is 2. The van der Waals surface area contributed by atoms with Crippen molar-refractivity contribution >= 4 is 21.1 Å². The van der Waals surface area contributed by atoms with E-state index in [1.807, 2.05) is 30.3 Å². The summed E-state index contributed by atoms with van der Waals surface area (Å²) in [6.45, 7) is 5.69. The topological polar surface area (TPSA) is 64.4 Å².